The van der Waals surface area contributed by atoms with Crippen molar-refractivity contribution in [3.8, 4) is 5.75 Å². The van der Waals surface area contributed by atoms with Crippen molar-refractivity contribution in [2.24, 2.45) is 7.05 Å². The first-order valence-corrected chi connectivity index (χ1v) is 8.60. The van der Waals surface area contributed by atoms with E-state index in [1.54, 1.807) is 19.5 Å². The molecule has 1 aromatic carbocycles. The Morgan fingerprint density at radius 1 is 1.08 bits per heavy atom. The van der Waals surface area contributed by atoms with Crippen molar-refractivity contribution in [2.75, 3.05) is 12.4 Å². The second kappa shape index (κ2) is 7.15. The molecule has 6 heteroatoms. The molecular weight excluding hydrogens is 326 g/mol. The lowest BCUT2D eigenvalue weighted by Crippen LogP contribution is -2.21. The minimum atomic E-state index is -0.200. The smallest absolute Gasteiger partial charge is 0.135 e. The molecule has 2 heterocycles. The third kappa shape index (κ3) is 3.69. The predicted molar refractivity (Wildman–Crippen MR) is 102 cm³/mol. The van der Waals surface area contributed by atoms with Gasteiger partial charge in [-0.2, -0.15) is 0 Å². The van der Waals surface area contributed by atoms with Gasteiger partial charge in [0, 0.05) is 36.6 Å². The molecule has 0 aliphatic rings. The SMILES string of the molecule is COc1ccccc1C(Nc1ccnc(C(C)(C)C)n1)c1nccn1C. The fourth-order valence-electron chi connectivity index (χ4n) is 2.79. The van der Waals surface area contributed by atoms with Gasteiger partial charge in [0.25, 0.3) is 0 Å². The highest BCUT2D eigenvalue weighted by Crippen LogP contribution is 2.32. The Morgan fingerprint density at radius 3 is 2.50 bits per heavy atom. The zero-order valence-electron chi connectivity index (χ0n) is 15.9. The maximum Gasteiger partial charge on any atom is 0.135 e. The highest BCUT2D eigenvalue weighted by molar-refractivity contribution is 5.46. The monoisotopic (exact) mass is 351 g/mol. The average molecular weight is 351 g/mol. The van der Waals surface area contributed by atoms with Gasteiger partial charge in [-0.25, -0.2) is 15.0 Å². The van der Waals surface area contributed by atoms with E-state index in [9.17, 15) is 0 Å². The van der Waals surface area contributed by atoms with Crippen LogP contribution in [-0.4, -0.2) is 26.6 Å². The molecule has 0 saturated carbocycles. The molecule has 1 unspecified atom stereocenters. The van der Waals surface area contributed by atoms with Gasteiger partial charge in [0.2, 0.25) is 0 Å². The normalized spacial score (nSPS) is 12.7. The Kier molecular flexibility index (Phi) is 4.93. The lowest BCUT2D eigenvalue weighted by Gasteiger charge is -2.23. The number of ether oxygens (including phenoxy) is 1. The number of aryl methyl sites for hydroxylation is 1. The van der Waals surface area contributed by atoms with E-state index in [4.69, 9.17) is 9.72 Å². The summed E-state index contributed by atoms with van der Waals surface area (Å²) in [4.78, 5) is 13.6. The third-order valence-electron chi connectivity index (χ3n) is 4.19. The summed E-state index contributed by atoms with van der Waals surface area (Å²) in [6, 6.07) is 9.62. The highest BCUT2D eigenvalue weighted by Gasteiger charge is 2.23. The maximum absolute atomic E-state index is 5.57. The highest BCUT2D eigenvalue weighted by atomic mass is 16.5. The minimum Gasteiger partial charge on any atom is -0.496 e. The average Bonchev–Trinajstić information content (AvgIpc) is 3.05. The van der Waals surface area contributed by atoms with Gasteiger partial charge in [0.05, 0.1) is 7.11 Å². The van der Waals surface area contributed by atoms with Gasteiger partial charge in [-0.3, -0.25) is 0 Å². The first-order valence-electron chi connectivity index (χ1n) is 8.60. The summed E-state index contributed by atoms with van der Waals surface area (Å²) in [6.45, 7) is 6.30. The van der Waals surface area contributed by atoms with Crippen LogP contribution in [0.1, 0.15) is 44.0 Å². The zero-order valence-corrected chi connectivity index (χ0v) is 15.9. The molecule has 3 aromatic rings. The number of hydrogen-bond acceptors (Lipinski definition) is 5. The van der Waals surface area contributed by atoms with E-state index in [2.05, 4.69) is 36.1 Å². The second-order valence-electron chi connectivity index (χ2n) is 7.23. The molecule has 0 saturated heterocycles. The van der Waals surface area contributed by atoms with E-state index in [0.29, 0.717) is 0 Å². The quantitative estimate of drug-likeness (QED) is 0.759. The molecule has 26 heavy (non-hydrogen) atoms. The summed E-state index contributed by atoms with van der Waals surface area (Å²) >= 11 is 0. The van der Waals surface area contributed by atoms with Crippen LogP contribution in [0.4, 0.5) is 5.82 Å². The van der Waals surface area contributed by atoms with Gasteiger partial charge in [-0.15, -0.1) is 0 Å². The maximum atomic E-state index is 5.57. The molecule has 1 atom stereocenters. The number of para-hydroxylation sites is 1. The molecule has 0 spiro atoms. The molecule has 0 radical (unpaired) electrons. The molecule has 6 nitrogen and oxygen atoms in total. The number of methoxy groups -OCH3 is 1. The number of nitrogens with zero attached hydrogens (tertiary/aromatic N) is 4. The summed E-state index contributed by atoms with van der Waals surface area (Å²) in [6.07, 6.45) is 5.51. The molecular formula is C20H25N5O. The first kappa shape index (κ1) is 17.9. The molecule has 0 amide bonds. The van der Waals surface area contributed by atoms with Crippen molar-refractivity contribution >= 4 is 5.82 Å². The fraction of sp³-hybridized carbons (Fsp3) is 0.350. The summed E-state index contributed by atoms with van der Waals surface area (Å²) < 4.78 is 7.57. The Hall–Kier alpha value is -2.89. The molecule has 3 rings (SSSR count). The second-order valence-corrected chi connectivity index (χ2v) is 7.23. The van der Waals surface area contributed by atoms with Crippen molar-refractivity contribution in [3.63, 3.8) is 0 Å². The van der Waals surface area contributed by atoms with E-state index in [-0.39, 0.29) is 11.5 Å². The van der Waals surface area contributed by atoms with E-state index >= 15 is 0 Å². The summed E-state index contributed by atoms with van der Waals surface area (Å²) in [5.41, 5.74) is 0.876. The first-order chi connectivity index (χ1) is 12.4. The topological polar surface area (TPSA) is 64.9 Å². The molecule has 0 bridgehead atoms. The summed E-state index contributed by atoms with van der Waals surface area (Å²) in [5, 5.41) is 3.51. The number of aromatic nitrogens is 4. The molecule has 0 aliphatic carbocycles. The third-order valence-corrected chi connectivity index (χ3v) is 4.19. The standard InChI is InChI=1S/C20H25N5O/c1-20(2,3)19-22-11-10-16(24-19)23-17(18-21-12-13-25(18)4)14-8-6-7-9-15(14)26-5/h6-13,17H,1-5H3,(H,22,23,24). The van der Waals surface area contributed by atoms with Crippen molar-refractivity contribution in [1.82, 2.24) is 19.5 Å². The lowest BCUT2D eigenvalue weighted by molar-refractivity contribution is 0.408. The summed E-state index contributed by atoms with van der Waals surface area (Å²) in [7, 11) is 3.66. The van der Waals surface area contributed by atoms with E-state index in [1.807, 2.05) is 48.1 Å². The number of anilines is 1. The molecule has 0 fully saturated rings. The molecule has 2 aromatic heterocycles. The van der Waals surface area contributed by atoms with Crippen LogP contribution in [0.15, 0.2) is 48.9 Å². The number of benzene rings is 1. The molecule has 0 aliphatic heterocycles. The number of nitrogens with one attached hydrogen (secondary N) is 1. The van der Waals surface area contributed by atoms with Crippen LogP contribution in [-0.2, 0) is 12.5 Å². The largest absolute Gasteiger partial charge is 0.496 e. The minimum absolute atomic E-state index is 0.124. The van der Waals surface area contributed by atoms with Crippen molar-refractivity contribution in [3.05, 3.63) is 66.1 Å². The van der Waals surface area contributed by atoms with Gasteiger partial charge in [0.15, 0.2) is 0 Å². The lowest BCUT2D eigenvalue weighted by atomic mass is 9.96. The van der Waals surface area contributed by atoms with Crippen LogP contribution in [0.25, 0.3) is 0 Å². The number of rotatable bonds is 5. The van der Waals surface area contributed by atoms with Crippen LogP contribution >= 0.6 is 0 Å². The van der Waals surface area contributed by atoms with Gasteiger partial charge < -0.3 is 14.6 Å². The Morgan fingerprint density at radius 2 is 1.85 bits per heavy atom. The van der Waals surface area contributed by atoms with Crippen molar-refractivity contribution in [1.29, 1.82) is 0 Å². The van der Waals surface area contributed by atoms with Gasteiger partial charge in [-0.05, 0) is 12.1 Å². The van der Waals surface area contributed by atoms with Crippen molar-refractivity contribution < 1.29 is 4.74 Å². The van der Waals surface area contributed by atoms with Crippen LogP contribution in [0.5, 0.6) is 5.75 Å². The molecule has 136 valence electrons. The van der Waals surface area contributed by atoms with Crippen LogP contribution in [0.2, 0.25) is 0 Å². The van der Waals surface area contributed by atoms with E-state index in [0.717, 1.165) is 28.8 Å². The number of hydrogen-bond donors (Lipinski definition) is 1. The molecule has 1 N–H and O–H groups in total. The van der Waals surface area contributed by atoms with Crippen molar-refractivity contribution in [2.45, 2.75) is 32.2 Å². The van der Waals surface area contributed by atoms with Crippen LogP contribution in [0, 0.1) is 0 Å². The Bertz CT molecular complexity index is 882. The van der Waals surface area contributed by atoms with E-state index in [1.165, 1.54) is 0 Å². The van der Waals surface area contributed by atoms with Gasteiger partial charge >= 0.3 is 0 Å². The summed E-state index contributed by atoms with van der Waals surface area (Å²) in [5.74, 6) is 3.23. The Balaban J connectivity index is 2.04. The van der Waals surface area contributed by atoms with Gasteiger partial charge in [0.1, 0.15) is 29.3 Å². The number of imidazole rings is 1. The van der Waals surface area contributed by atoms with E-state index < -0.39 is 0 Å². The zero-order chi connectivity index (χ0) is 18.7. The predicted octanol–water partition coefficient (Wildman–Crippen LogP) is 3.72. The fourth-order valence-corrected chi connectivity index (χ4v) is 2.79. The van der Waals surface area contributed by atoms with Crippen LogP contribution < -0.4 is 10.1 Å². The van der Waals surface area contributed by atoms with Crippen LogP contribution in [0.3, 0.4) is 0 Å². The van der Waals surface area contributed by atoms with Gasteiger partial charge in [-0.1, -0.05) is 39.0 Å². The Labute approximate surface area is 154 Å².